The van der Waals surface area contributed by atoms with Crippen LogP contribution in [0.15, 0.2) is 30.9 Å². The van der Waals surface area contributed by atoms with Crippen LogP contribution in [0.1, 0.15) is 100.0 Å². The number of aliphatic hydroxyl groups is 2. The van der Waals surface area contributed by atoms with E-state index in [-0.39, 0.29) is 56.0 Å². The quantitative estimate of drug-likeness (QED) is 0.141. The lowest BCUT2D eigenvalue weighted by Crippen LogP contribution is -2.58. The van der Waals surface area contributed by atoms with Crippen LogP contribution >= 0.6 is 11.8 Å². The zero-order valence-corrected chi connectivity index (χ0v) is 46.8. The number of ether oxygens (including phenoxy) is 8. The van der Waals surface area contributed by atoms with Gasteiger partial charge in [-0.1, -0.05) is 27.7 Å². The number of ketones is 1. The van der Waals surface area contributed by atoms with Crippen molar-refractivity contribution < 1.29 is 62.5 Å². The van der Waals surface area contributed by atoms with E-state index in [1.807, 2.05) is 70.3 Å². The number of carbonyl (C=O) groups is 3. The van der Waals surface area contributed by atoms with Gasteiger partial charge >= 0.3 is 11.9 Å². The van der Waals surface area contributed by atoms with E-state index >= 15 is 4.79 Å². The van der Waals surface area contributed by atoms with E-state index in [1.54, 1.807) is 53.5 Å². The Balaban J connectivity index is 1.21. The lowest BCUT2D eigenvalue weighted by molar-refractivity contribution is -0.297. The van der Waals surface area contributed by atoms with Gasteiger partial charge in [0.1, 0.15) is 34.9 Å². The highest BCUT2D eigenvalue weighted by molar-refractivity contribution is 8.00. The normalized spacial score (nSPS) is 38.2. The molecular weight excluding hydrogens is 989 g/mol. The second kappa shape index (κ2) is 24.3. The topological polar surface area (TPSA) is 263 Å². The summed E-state index contributed by atoms with van der Waals surface area (Å²) in [6, 6.07) is 3.57. The third-order valence-corrected chi connectivity index (χ3v) is 17.7. The number of fused-ring (bicyclic) bond motifs is 2. The number of nitrogen functional groups attached to an aromatic ring is 1. The first-order valence-electron chi connectivity index (χ1n) is 26.4. The van der Waals surface area contributed by atoms with Crippen molar-refractivity contribution in [2.24, 2.45) is 29.6 Å². The molecule has 3 aromatic heterocycles. The van der Waals surface area contributed by atoms with Crippen LogP contribution in [0.2, 0.25) is 0 Å². The van der Waals surface area contributed by atoms with Gasteiger partial charge < -0.3 is 68.6 Å². The molecule has 5 N–H and O–H groups in total. The zero-order valence-electron chi connectivity index (χ0n) is 46.0. The molecule has 418 valence electrons. The van der Waals surface area contributed by atoms with Crippen molar-refractivity contribution in [2.75, 3.05) is 51.7 Å². The molecule has 0 unspecified atom stereocenters. The van der Waals surface area contributed by atoms with Gasteiger partial charge in [0.25, 0.3) is 0 Å². The minimum Gasteiger partial charge on any atom is -0.458 e. The summed E-state index contributed by atoms with van der Waals surface area (Å²) in [6.07, 6.45) is -0.0768. The number of nitrogens with two attached hydrogens (primary N) is 1. The molecule has 22 heteroatoms. The van der Waals surface area contributed by atoms with Gasteiger partial charge in [-0.25, -0.2) is 4.98 Å². The van der Waals surface area contributed by atoms with Crippen LogP contribution in [0.5, 0.6) is 0 Å². The van der Waals surface area contributed by atoms with Gasteiger partial charge in [-0.15, -0.1) is 11.8 Å². The summed E-state index contributed by atoms with van der Waals surface area (Å²) in [6.45, 7) is 17.2. The molecule has 3 aromatic rings. The van der Waals surface area contributed by atoms with Gasteiger partial charge in [-0.3, -0.25) is 19.4 Å². The van der Waals surface area contributed by atoms with E-state index < -0.39 is 107 Å². The Bertz CT molecular complexity index is 2420. The van der Waals surface area contributed by atoms with E-state index in [0.717, 1.165) is 5.56 Å². The standard InChI is InChI=1S/C53H82N8O13S/c1-14-36-52(9)38(43(49(66)74-52)75-20-19-61-27-57-39-45(54)58-50(59-46(39)61)56-25-34-15-17-55-18-16-34)31(5)40(62)28(2)22-53(68-13,26-69-42-35(60(10)11)21-30(4)70-48(42)65)23-29(3)41(32(6)47(64)72-36)73-37-24-51(8,67-12)44(63)33(7)71-37/h15-18,27-33,35-38,41-44,48,63,65H,14,19-26H2,1-13H3,(H3,54,56,58,59)/t28-,29-,30-,31-,32-,33+,35+,36-,37+,38+,41+,42-,43+,44+,48-,51-,52-,53-/m1/s1. The van der Waals surface area contributed by atoms with E-state index in [4.69, 9.17) is 48.6 Å². The number of hydrogen-bond donors (Lipinski definition) is 4. The van der Waals surface area contributed by atoms with Gasteiger partial charge in [0, 0.05) is 75.7 Å². The number of imidazole rings is 1. The molecule has 0 bridgehead atoms. The zero-order chi connectivity index (χ0) is 54.7. The number of likely N-dealkylation sites (N-methyl/N-ethyl adjacent to an activating group) is 1. The number of Topliss-reactive ketones (excluding diaryl/α,β-unsaturated/α-hetero) is 1. The smallest absolute Gasteiger partial charge is 0.320 e. The molecule has 0 aliphatic carbocycles. The van der Waals surface area contributed by atoms with Gasteiger partial charge in [0.05, 0.1) is 48.4 Å². The van der Waals surface area contributed by atoms with Gasteiger partial charge in [-0.05, 0) is 98.0 Å². The summed E-state index contributed by atoms with van der Waals surface area (Å²) in [5.74, 6) is -3.90. The second-order valence-corrected chi connectivity index (χ2v) is 23.3. The van der Waals surface area contributed by atoms with Crippen molar-refractivity contribution in [3.05, 3.63) is 36.4 Å². The molecule has 0 radical (unpaired) electrons. The van der Waals surface area contributed by atoms with E-state index in [0.29, 0.717) is 42.4 Å². The lowest BCUT2D eigenvalue weighted by atomic mass is 9.70. The molecule has 0 spiro atoms. The Kier molecular flexibility index (Phi) is 19.0. The molecule has 21 nitrogen and oxygen atoms in total. The van der Waals surface area contributed by atoms with Crippen LogP contribution in [0.4, 0.5) is 11.8 Å². The summed E-state index contributed by atoms with van der Waals surface area (Å²) in [7, 11) is 6.96. The highest BCUT2D eigenvalue weighted by atomic mass is 32.2. The number of hydrogen-bond acceptors (Lipinski definition) is 21. The van der Waals surface area contributed by atoms with Crippen molar-refractivity contribution >= 4 is 52.4 Å². The highest BCUT2D eigenvalue weighted by Gasteiger charge is 2.61. The Hall–Kier alpha value is -4.10. The van der Waals surface area contributed by atoms with Crippen LogP contribution in [-0.2, 0) is 65.4 Å². The van der Waals surface area contributed by atoms with E-state index in [1.165, 1.54) is 18.9 Å². The number of cyclic esters (lactones) is 1. The Morgan fingerprint density at radius 2 is 1.67 bits per heavy atom. The van der Waals surface area contributed by atoms with Gasteiger partial charge in [-0.2, -0.15) is 9.97 Å². The summed E-state index contributed by atoms with van der Waals surface area (Å²) in [5.41, 5.74) is 4.64. The Morgan fingerprint density at radius 3 is 2.33 bits per heavy atom. The predicted molar refractivity (Wildman–Crippen MR) is 280 cm³/mol. The highest BCUT2D eigenvalue weighted by Crippen LogP contribution is 2.49. The molecule has 4 aliphatic heterocycles. The van der Waals surface area contributed by atoms with Gasteiger partial charge in [0.15, 0.2) is 29.6 Å². The number of pyridine rings is 1. The first-order valence-corrected chi connectivity index (χ1v) is 27.4. The number of nitrogens with zero attached hydrogens (tertiary/aromatic N) is 6. The van der Waals surface area contributed by atoms with Gasteiger partial charge in [0.2, 0.25) is 5.95 Å². The van der Waals surface area contributed by atoms with Crippen molar-refractivity contribution in [3.8, 4) is 0 Å². The number of aliphatic hydroxyl groups excluding tert-OH is 2. The fourth-order valence-electron chi connectivity index (χ4n) is 12.1. The lowest BCUT2D eigenvalue weighted by Gasteiger charge is -2.47. The van der Waals surface area contributed by atoms with Crippen LogP contribution < -0.4 is 11.1 Å². The monoisotopic (exact) mass is 1070 g/mol. The van der Waals surface area contributed by atoms with E-state index in [2.05, 4.69) is 20.3 Å². The Morgan fingerprint density at radius 1 is 0.947 bits per heavy atom. The average molecular weight is 1070 g/mol. The van der Waals surface area contributed by atoms with Crippen LogP contribution in [-0.4, -0.2) is 175 Å². The van der Waals surface area contributed by atoms with Crippen LogP contribution in [0.3, 0.4) is 0 Å². The SMILES string of the molecule is CC[C@H]1OC(=O)[C@H](C)[C@@H](O[C@H]2C[C@@](C)(OC)[C@@H](O)[C@H](C)O2)[C@H](C)C[C@](CO[C@H]2[C@H](O)O[C@H](C)C[C@@H]2N(C)C)(OC)C[C@@H](C)C(=O)[C@H](C)[C@H]2[C@H](SCCn3cnc4c(N)nc(NCc5ccncc5)nc43)C(=O)O[C@@]21C. The molecule has 75 heavy (non-hydrogen) atoms. The number of methoxy groups -OCH3 is 2. The maximum atomic E-state index is 15.3. The van der Waals surface area contributed by atoms with Crippen molar-refractivity contribution in [2.45, 2.75) is 185 Å². The van der Waals surface area contributed by atoms with Crippen LogP contribution in [0.25, 0.3) is 11.2 Å². The molecule has 4 fully saturated rings. The number of aromatic nitrogens is 5. The Labute approximate surface area is 445 Å². The largest absolute Gasteiger partial charge is 0.458 e. The first kappa shape index (κ1) is 58.6. The maximum absolute atomic E-state index is 15.3. The minimum absolute atomic E-state index is 0.0545. The number of rotatable bonds is 16. The molecule has 18 atom stereocenters. The molecule has 0 aromatic carbocycles. The number of anilines is 2. The molecular formula is C53H82N8O13S. The number of nitrogens with one attached hydrogen (secondary N) is 1. The molecule has 0 saturated carbocycles. The molecule has 7 heterocycles. The van der Waals surface area contributed by atoms with E-state index in [9.17, 15) is 19.8 Å². The fraction of sp³-hybridized carbons (Fsp3) is 0.755. The number of esters is 2. The average Bonchev–Trinajstić information content (AvgIpc) is 3.90. The summed E-state index contributed by atoms with van der Waals surface area (Å²) < 4.78 is 52.9. The van der Waals surface area contributed by atoms with Crippen molar-refractivity contribution in [3.63, 3.8) is 0 Å². The summed E-state index contributed by atoms with van der Waals surface area (Å²) >= 11 is 1.36. The number of aryl methyl sites for hydroxylation is 1. The number of thioether (sulfide) groups is 1. The molecule has 0 amide bonds. The molecule has 4 aliphatic rings. The summed E-state index contributed by atoms with van der Waals surface area (Å²) in [4.78, 5) is 64.4. The van der Waals surface area contributed by atoms with Crippen LogP contribution in [0, 0.1) is 29.6 Å². The second-order valence-electron chi connectivity index (χ2n) is 22.1. The summed E-state index contributed by atoms with van der Waals surface area (Å²) in [5, 5.41) is 24.8. The van der Waals surface area contributed by atoms with Crippen molar-refractivity contribution in [1.29, 1.82) is 0 Å². The maximum Gasteiger partial charge on any atom is 0.320 e. The van der Waals surface area contributed by atoms with Crippen molar-refractivity contribution in [1.82, 2.24) is 29.4 Å². The minimum atomic E-state index is -1.44. The first-order chi connectivity index (χ1) is 35.5. The fourth-order valence-corrected chi connectivity index (χ4v) is 13.5. The molecule has 7 rings (SSSR count). The molecule has 4 saturated heterocycles. The number of carbonyl (C=O) groups excluding carboxylic acids is 3. The third kappa shape index (κ3) is 12.6. The predicted octanol–water partition coefficient (Wildman–Crippen LogP) is 4.79. The third-order valence-electron chi connectivity index (χ3n) is 16.4.